The Morgan fingerprint density at radius 3 is 3.00 bits per heavy atom. The molecule has 0 aliphatic heterocycles. The van der Waals surface area contributed by atoms with Crippen molar-refractivity contribution in [3.8, 4) is 0 Å². The molecule has 1 fully saturated rings. The van der Waals surface area contributed by atoms with Crippen LogP contribution in [-0.4, -0.2) is 16.9 Å². The molecule has 1 heterocycles. The highest BCUT2D eigenvalue weighted by Crippen LogP contribution is 2.20. The maximum absolute atomic E-state index is 11.3. The van der Waals surface area contributed by atoms with Gasteiger partial charge in [-0.1, -0.05) is 0 Å². The summed E-state index contributed by atoms with van der Waals surface area (Å²) in [6, 6.07) is 0.401. The average Bonchev–Trinajstić information content (AvgIpc) is 2.72. The van der Waals surface area contributed by atoms with Crippen LogP contribution in [0.15, 0.2) is 9.30 Å². The first-order chi connectivity index (χ1) is 5.75. The maximum atomic E-state index is 11.3. The summed E-state index contributed by atoms with van der Waals surface area (Å²) in [7, 11) is 0. The number of rotatable bonds is 2. The average molecular weight is 247 g/mol. The molecule has 0 atom stereocenters. The van der Waals surface area contributed by atoms with Crippen molar-refractivity contribution in [1.29, 1.82) is 0 Å². The lowest BCUT2D eigenvalue weighted by Crippen LogP contribution is -2.25. The van der Waals surface area contributed by atoms with E-state index in [0.717, 1.165) is 16.8 Å². The number of aromatic nitrogens is 1. The molecule has 1 aliphatic carbocycles. The lowest BCUT2D eigenvalue weighted by atomic mass is 10.4. The number of carbonyl (C=O) groups is 1. The van der Waals surface area contributed by atoms with Gasteiger partial charge < -0.3 is 5.32 Å². The summed E-state index contributed by atoms with van der Waals surface area (Å²) in [4.78, 5) is 15.3. The van der Waals surface area contributed by atoms with Crippen molar-refractivity contribution < 1.29 is 4.79 Å². The highest BCUT2D eigenvalue weighted by Gasteiger charge is 2.24. The number of halogens is 1. The monoisotopic (exact) mass is 246 g/mol. The summed E-state index contributed by atoms with van der Waals surface area (Å²) in [5.74, 6) is -0.0561. The standard InChI is InChI=1S/C7H7BrN2OS/c8-7-10-5(3-12-7)6(11)9-4-1-2-4/h3-4H,1-2H2,(H,9,11). The third-order valence-corrected chi connectivity index (χ3v) is 2.99. The van der Waals surface area contributed by atoms with Gasteiger partial charge in [0.1, 0.15) is 5.69 Å². The number of carbonyl (C=O) groups excluding carboxylic acids is 1. The van der Waals surface area contributed by atoms with E-state index in [9.17, 15) is 4.79 Å². The van der Waals surface area contributed by atoms with Crippen molar-refractivity contribution in [3.63, 3.8) is 0 Å². The van der Waals surface area contributed by atoms with Gasteiger partial charge in [-0.05, 0) is 28.8 Å². The Hall–Kier alpha value is -0.420. The van der Waals surface area contributed by atoms with Gasteiger partial charge in [-0.15, -0.1) is 11.3 Å². The van der Waals surface area contributed by atoms with E-state index in [-0.39, 0.29) is 5.91 Å². The van der Waals surface area contributed by atoms with Crippen LogP contribution in [0.3, 0.4) is 0 Å². The number of thiazole rings is 1. The fraction of sp³-hybridized carbons (Fsp3) is 0.429. The molecule has 1 aromatic rings. The Morgan fingerprint density at radius 1 is 1.75 bits per heavy atom. The van der Waals surface area contributed by atoms with Gasteiger partial charge >= 0.3 is 0 Å². The van der Waals surface area contributed by atoms with Crippen LogP contribution in [0.1, 0.15) is 23.3 Å². The fourth-order valence-electron chi connectivity index (χ4n) is 0.843. The van der Waals surface area contributed by atoms with Crippen LogP contribution in [0.2, 0.25) is 0 Å². The van der Waals surface area contributed by atoms with E-state index in [0.29, 0.717) is 11.7 Å². The zero-order chi connectivity index (χ0) is 8.55. The number of nitrogens with zero attached hydrogens (tertiary/aromatic N) is 1. The molecule has 3 nitrogen and oxygen atoms in total. The molecular formula is C7H7BrN2OS. The lowest BCUT2D eigenvalue weighted by molar-refractivity contribution is 0.0946. The van der Waals surface area contributed by atoms with Crippen LogP contribution < -0.4 is 5.32 Å². The normalized spacial score (nSPS) is 16.1. The van der Waals surface area contributed by atoms with E-state index < -0.39 is 0 Å². The van der Waals surface area contributed by atoms with E-state index >= 15 is 0 Å². The minimum Gasteiger partial charge on any atom is -0.348 e. The lowest BCUT2D eigenvalue weighted by Gasteiger charge is -1.97. The highest BCUT2D eigenvalue weighted by atomic mass is 79.9. The molecule has 1 N–H and O–H groups in total. The molecule has 1 aromatic heterocycles. The fourth-order valence-corrected chi connectivity index (χ4v) is 1.83. The van der Waals surface area contributed by atoms with E-state index in [2.05, 4.69) is 26.2 Å². The molecule has 2 rings (SSSR count). The van der Waals surface area contributed by atoms with Crippen LogP contribution >= 0.6 is 27.3 Å². The topological polar surface area (TPSA) is 42.0 Å². The minimum atomic E-state index is -0.0561. The van der Waals surface area contributed by atoms with Gasteiger partial charge in [0.15, 0.2) is 3.92 Å². The van der Waals surface area contributed by atoms with Gasteiger partial charge in [0.2, 0.25) is 0 Å². The number of hydrogen-bond acceptors (Lipinski definition) is 3. The van der Waals surface area contributed by atoms with Crippen molar-refractivity contribution in [1.82, 2.24) is 10.3 Å². The van der Waals surface area contributed by atoms with Gasteiger partial charge in [0, 0.05) is 11.4 Å². The zero-order valence-electron chi connectivity index (χ0n) is 6.21. The molecule has 1 amide bonds. The third kappa shape index (κ3) is 1.84. The predicted molar refractivity (Wildman–Crippen MR) is 50.3 cm³/mol. The predicted octanol–water partition coefficient (Wildman–Crippen LogP) is 1.80. The molecule has 0 spiro atoms. The van der Waals surface area contributed by atoms with Crippen LogP contribution in [0.4, 0.5) is 0 Å². The molecule has 5 heteroatoms. The Balaban J connectivity index is 2.03. The summed E-state index contributed by atoms with van der Waals surface area (Å²) >= 11 is 4.63. The smallest absolute Gasteiger partial charge is 0.271 e. The molecular weight excluding hydrogens is 240 g/mol. The zero-order valence-corrected chi connectivity index (χ0v) is 8.61. The molecule has 0 bridgehead atoms. The van der Waals surface area contributed by atoms with Gasteiger partial charge in [0.25, 0.3) is 5.91 Å². The van der Waals surface area contributed by atoms with E-state index in [1.807, 2.05) is 0 Å². The maximum Gasteiger partial charge on any atom is 0.271 e. The SMILES string of the molecule is O=C(NC1CC1)c1csc(Br)n1. The Bertz CT molecular complexity index is 308. The molecule has 0 radical (unpaired) electrons. The Labute approximate surface area is 82.3 Å². The van der Waals surface area contributed by atoms with Crippen LogP contribution in [0.5, 0.6) is 0 Å². The number of nitrogens with one attached hydrogen (secondary N) is 1. The second-order valence-corrected chi connectivity index (χ2v) is 4.87. The summed E-state index contributed by atoms with van der Waals surface area (Å²) < 4.78 is 0.753. The van der Waals surface area contributed by atoms with Gasteiger partial charge in [0.05, 0.1) is 0 Å². The first kappa shape index (κ1) is 8.19. The number of hydrogen-bond donors (Lipinski definition) is 1. The van der Waals surface area contributed by atoms with Crippen molar-refractivity contribution in [2.45, 2.75) is 18.9 Å². The summed E-state index contributed by atoms with van der Waals surface area (Å²) in [6.07, 6.45) is 2.22. The van der Waals surface area contributed by atoms with Crippen LogP contribution in [0.25, 0.3) is 0 Å². The summed E-state index contributed by atoms with van der Waals surface area (Å²) in [5, 5.41) is 4.62. The first-order valence-corrected chi connectivity index (χ1v) is 5.35. The van der Waals surface area contributed by atoms with Crippen molar-refractivity contribution >= 4 is 33.2 Å². The number of amides is 1. The summed E-state index contributed by atoms with van der Waals surface area (Å²) in [6.45, 7) is 0. The van der Waals surface area contributed by atoms with Crippen LogP contribution in [0, 0.1) is 0 Å². The van der Waals surface area contributed by atoms with Gasteiger partial charge in [-0.2, -0.15) is 0 Å². The Kier molecular flexibility index (Phi) is 2.14. The molecule has 12 heavy (non-hydrogen) atoms. The molecule has 1 aliphatic rings. The van der Waals surface area contributed by atoms with Gasteiger partial charge in [-0.25, -0.2) is 4.98 Å². The van der Waals surface area contributed by atoms with Crippen molar-refractivity contribution in [3.05, 3.63) is 15.0 Å². The molecule has 0 unspecified atom stereocenters. The molecule has 0 aromatic carbocycles. The van der Waals surface area contributed by atoms with E-state index in [1.165, 1.54) is 11.3 Å². The first-order valence-electron chi connectivity index (χ1n) is 3.67. The highest BCUT2D eigenvalue weighted by molar-refractivity contribution is 9.11. The van der Waals surface area contributed by atoms with E-state index in [4.69, 9.17) is 0 Å². The van der Waals surface area contributed by atoms with Crippen LogP contribution in [-0.2, 0) is 0 Å². The molecule has 0 saturated heterocycles. The Morgan fingerprint density at radius 2 is 2.50 bits per heavy atom. The second kappa shape index (κ2) is 3.14. The quantitative estimate of drug-likeness (QED) is 0.865. The third-order valence-electron chi connectivity index (χ3n) is 1.62. The second-order valence-electron chi connectivity index (χ2n) is 2.73. The van der Waals surface area contributed by atoms with E-state index in [1.54, 1.807) is 5.38 Å². The molecule has 1 saturated carbocycles. The summed E-state index contributed by atoms with van der Waals surface area (Å²) in [5.41, 5.74) is 0.513. The largest absolute Gasteiger partial charge is 0.348 e. The molecule has 64 valence electrons. The van der Waals surface area contributed by atoms with Crippen molar-refractivity contribution in [2.75, 3.05) is 0 Å². The van der Waals surface area contributed by atoms with Gasteiger partial charge in [-0.3, -0.25) is 4.79 Å². The minimum absolute atomic E-state index is 0.0561. The van der Waals surface area contributed by atoms with Crippen molar-refractivity contribution in [2.24, 2.45) is 0 Å².